The van der Waals surface area contributed by atoms with E-state index in [9.17, 15) is 14.0 Å². The van der Waals surface area contributed by atoms with Crippen molar-refractivity contribution in [1.29, 1.82) is 0 Å². The number of nitrogens with one attached hydrogen (secondary N) is 2. The summed E-state index contributed by atoms with van der Waals surface area (Å²) >= 11 is 0. The third-order valence-corrected chi connectivity index (χ3v) is 4.39. The zero-order valence-electron chi connectivity index (χ0n) is 14.5. The second-order valence-corrected chi connectivity index (χ2v) is 6.27. The maximum absolute atomic E-state index is 13.5. The number of anilines is 1. The Morgan fingerprint density at radius 2 is 1.96 bits per heavy atom. The van der Waals surface area contributed by atoms with Gasteiger partial charge in [0.05, 0.1) is 0 Å². The molecule has 3 amide bonds. The van der Waals surface area contributed by atoms with E-state index in [1.54, 1.807) is 23.1 Å². The van der Waals surface area contributed by atoms with Gasteiger partial charge < -0.3 is 15.5 Å². The second kappa shape index (κ2) is 8.47. The molecule has 2 aromatic rings. The fourth-order valence-electron chi connectivity index (χ4n) is 3.01. The third-order valence-electron chi connectivity index (χ3n) is 4.39. The maximum atomic E-state index is 13.5. The minimum atomic E-state index is -0.302. The summed E-state index contributed by atoms with van der Waals surface area (Å²) in [6.45, 7) is 1.46. The normalized spacial score (nSPS) is 13.7. The van der Waals surface area contributed by atoms with Crippen LogP contribution < -0.4 is 15.5 Å². The standard InChI is InChI=1S/C20H22FN3O2/c21-18-8-2-1-6-16(18)10-11-22-20(26)23-14-15-5-3-7-17(13-15)24-12-4-9-19(24)25/h1-3,5-8,13H,4,9-12,14H2,(H2,22,23,26). The largest absolute Gasteiger partial charge is 0.338 e. The molecule has 0 saturated carbocycles. The van der Waals surface area contributed by atoms with Gasteiger partial charge in [0.25, 0.3) is 0 Å². The molecule has 0 atom stereocenters. The quantitative estimate of drug-likeness (QED) is 0.837. The van der Waals surface area contributed by atoms with Gasteiger partial charge in [-0.3, -0.25) is 4.79 Å². The van der Waals surface area contributed by atoms with E-state index in [4.69, 9.17) is 0 Å². The first-order valence-corrected chi connectivity index (χ1v) is 8.78. The Labute approximate surface area is 152 Å². The summed E-state index contributed by atoms with van der Waals surface area (Å²) in [6.07, 6.45) is 1.91. The molecule has 1 aliphatic rings. The Morgan fingerprint density at radius 3 is 2.73 bits per heavy atom. The lowest BCUT2D eigenvalue weighted by Crippen LogP contribution is -2.36. The van der Waals surface area contributed by atoms with Gasteiger partial charge in [0.1, 0.15) is 5.82 Å². The highest BCUT2D eigenvalue weighted by molar-refractivity contribution is 5.95. The van der Waals surface area contributed by atoms with Crippen molar-refractivity contribution in [3.8, 4) is 0 Å². The number of halogens is 1. The van der Waals surface area contributed by atoms with E-state index in [-0.39, 0.29) is 17.8 Å². The fraction of sp³-hybridized carbons (Fsp3) is 0.300. The van der Waals surface area contributed by atoms with Crippen LogP contribution in [0, 0.1) is 5.82 Å². The van der Waals surface area contributed by atoms with E-state index in [0.29, 0.717) is 31.5 Å². The van der Waals surface area contributed by atoms with Gasteiger partial charge in [-0.15, -0.1) is 0 Å². The highest BCUT2D eigenvalue weighted by Gasteiger charge is 2.21. The topological polar surface area (TPSA) is 61.4 Å². The molecule has 0 unspecified atom stereocenters. The monoisotopic (exact) mass is 355 g/mol. The van der Waals surface area contributed by atoms with Gasteiger partial charge in [0.15, 0.2) is 0 Å². The van der Waals surface area contributed by atoms with E-state index in [0.717, 1.165) is 24.2 Å². The Kier molecular flexibility index (Phi) is 5.84. The molecule has 0 aromatic heterocycles. The zero-order chi connectivity index (χ0) is 18.4. The Hall–Kier alpha value is -2.89. The molecule has 1 aliphatic heterocycles. The van der Waals surface area contributed by atoms with Crippen LogP contribution in [0.5, 0.6) is 0 Å². The minimum absolute atomic E-state index is 0.140. The van der Waals surface area contributed by atoms with E-state index >= 15 is 0 Å². The van der Waals surface area contributed by atoms with Crippen molar-refractivity contribution < 1.29 is 14.0 Å². The van der Waals surface area contributed by atoms with Crippen molar-refractivity contribution in [2.24, 2.45) is 0 Å². The zero-order valence-corrected chi connectivity index (χ0v) is 14.5. The van der Waals surface area contributed by atoms with Gasteiger partial charge >= 0.3 is 6.03 Å². The lowest BCUT2D eigenvalue weighted by molar-refractivity contribution is -0.117. The molecule has 1 heterocycles. The molecule has 2 aromatic carbocycles. The molecule has 26 heavy (non-hydrogen) atoms. The van der Waals surface area contributed by atoms with Gasteiger partial charge in [0, 0.05) is 31.7 Å². The summed E-state index contributed by atoms with van der Waals surface area (Å²) in [5.41, 5.74) is 2.37. The summed E-state index contributed by atoms with van der Waals surface area (Å²) in [5, 5.41) is 5.51. The SMILES string of the molecule is O=C(NCCc1ccccc1F)NCc1cccc(N2CCCC2=O)c1. The molecule has 3 rings (SSSR count). The molecule has 1 saturated heterocycles. The van der Waals surface area contributed by atoms with Crippen molar-refractivity contribution in [1.82, 2.24) is 10.6 Å². The van der Waals surface area contributed by atoms with E-state index in [1.807, 2.05) is 24.3 Å². The number of urea groups is 1. The van der Waals surface area contributed by atoms with Gasteiger partial charge in [-0.05, 0) is 42.2 Å². The predicted octanol–water partition coefficient (Wildman–Crippen LogP) is 2.99. The molecular formula is C20H22FN3O2. The van der Waals surface area contributed by atoms with Crippen molar-refractivity contribution in [2.75, 3.05) is 18.0 Å². The molecule has 0 spiro atoms. The molecule has 0 bridgehead atoms. The second-order valence-electron chi connectivity index (χ2n) is 6.27. The lowest BCUT2D eigenvalue weighted by atomic mass is 10.1. The van der Waals surface area contributed by atoms with Crippen molar-refractivity contribution >= 4 is 17.6 Å². The van der Waals surface area contributed by atoms with Crippen molar-refractivity contribution in [3.63, 3.8) is 0 Å². The van der Waals surface area contributed by atoms with E-state index in [2.05, 4.69) is 10.6 Å². The lowest BCUT2D eigenvalue weighted by Gasteiger charge is -2.16. The number of rotatable bonds is 6. The number of hydrogen-bond acceptors (Lipinski definition) is 2. The number of hydrogen-bond donors (Lipinski definition) is 2. The highest BCUT2D eigenvalue weighted by Crippen LogP contribution is 2.22. The van der Waals surface area contributed by atoms with Gasteiger partial charge in [-0.2, -0.15) is 0 Å². The predicted molar refractivity (Wildman–Crippen MR) is 98.4 cm³/mol. The summed E-state index contributed by atoms with van der Waals surface area (Å²) < 4.78 is 13.5. The average molecular weight is 355 g/mol. The first-order chi connectivity index (χ1) is 12.6. The van der Waals surface area contributed by atoms with Crippen LogP contribution in [0.1, 0.15) is 24.0 Å². The highest BCUT2D eigenvalue weighted by atomic mass is 19.1. The van der Waals surface area contributed by atoms with Crippen LogP contribution in [0.25, 0.3) is 0 Å². The Bertz CT molecular complexity index is 794. The summed E-state index contributed by atoms with van der Waals surface area (Å²) in [7, 11) is 0. The molecule has 6 heteroatoms. The molecule has 5 nitrogen and oxygen atoms in total. The molecule has 2 N–H and O–H groups in total. The average Bonchev–Trinajstić information content (AvgIpc) is 3.08. The number of carbonyl (C=O) groups excluding carboxylic acids is 2. The van der Waals surface area contributed by atoms with Crippen LogP contribution >= 0.6 is 0 Å². The number of amides is 3. The van der Waals surface area contributed by atoms with Crippen LogP contribution in [0.3, 0.4) is 0 Å². The summed E-state index contributed by atoms with van der Waals surface area (Å²) in [5.74, 6) is -0.121. The van der Waals surface area contributed by atoms with E-state index in [1.165, 1.54) is 6.07 Å². The van der Waals surface area contributed by atoms with Gasteiger partial charge in [-0.25, -0.2) is 9.18 Å². The maximum Gasteiger partial charge on any atom is 0.315 e. The summed E-state index contributed by atoms with van der Waals surface area (Å²) in [4.78, 5) is 25.5. The molecular weight excluding hydrogens is 333 g/mol. The molecule has 0 aliphatic carbocycles. The van der Waals surface area contributed by atoms with Crippen molar-refractivity contribution in [3.05, 3.63) is 65.5 Å². The smallest absolute Gasteiger partial charge is 0.315 e. The van der Waals surface area contributed by atoms with E-state index < -0.39 is 0 Å². The molecule has 0 radical (unpaired) electrons. The first-order valence-electron chi connectivity index (χ1n) is 8.78. The number of nitrogens with zero attached hydrogens (tertiary/aromatic N) is 1. The minimum Gasteiger partial charge on any atom is -0.338 e. The van der Waals surface area contributed by atoms with Crippen LogP contribution in [-0.4, -0.2) is 25.0 Å². The van der Waals surface area contributed by atoms with Gasteiger partial charge in [-0.1, -0.05) is 30.3 Å². The molecule has 136 valence electrons. The summed E-state index contributed by atoms with van der Waals surface area (Å²) in [6, 6.07) is 13.8. The van der Waals surface area contributed by atoms with Crippen molar-refractivity contribution in [2.45, 2.75) is 25.8 Å². The Balaban J connectivity index is 1.46. The third kappa shape index (κ3) is 4.59. The van der Waals surface area contributed by atoms with Crippen LogP contribution in [-0.2, 0) is 17.8 Å². The van der Waals surface area contributed by atoms with Gasteiger partial charge in [0.2, 0.25) is 5.91 Å². The van der Waals surface area contributed by atoms with Crippen LogP contribution in [0.2, 0.25) is 0 Å². The number of carbonyl (C=O) groups is 2. The molecule has 1 fully saturated rings. The fourth-order valence-corrected chi connectivity index (χ4v) is 3.01. The number of benzene rings is 2. The van der Waals surface area contributed by atoms with Crippen LogP contribution in [0.15, 0.2) is 48.5 Å². The first kappa shape index (κ1) is 17.9. The Morgan fingerprint density at radius 1 is 1.12 bits per heavy atom. The van der Waals surface area contributed by atoms with Crippen LogP contribution in [0.4, 0.5) is 14.9 Å².